The Morgan fingerprint density at radius 3 is 2.35 bits per heavy atom. The SMILES string of the molecule is Cc1ccc(N=C2S/C(=C/c3cc(Br)ccc3OCc3ccc(F)cc3)C(=O)N2c2ccc(C)c(Cl)c2)cc1Cl. The highest BCUT2D eigenvalue weighted by Gasteiger charge is 2.35. The Balaban J connectivity index is 1.53. The zero-order valence-electron chi connectivity index (χ0n) is 21.4. The Bertz CT molecular complexity index is 1670. The Labute approximate surface area is 254 Å². The summed E-state index contributed by atoms with van der Waals surface area (Å²) in [4.78, 5) is 20.6. The van der Waals surface area contributed by atoms with Crippen LogP contribution in [0.4, 0.5) is 15.8 Å². The Kier molecular flexibility index (Phi) is 8.66. The van der Waals surface area contributed by atoms with E-state index in [1.165, 1.54) is 23.9 Å². The molecule has 9 heteroatoms. The third-order valence-corrected chi connectivity index (χ3v) is 8.44. The minimum Gasteiger partial charge on any atom is -0.488 e. The highest BCUT2D eigenvalue weighted by Crippen LogP contribution is 2.40. The molecule has 0 atom stereocenters. The van der Waals surface area contributed by atoms with Gasteiger partial charge >= 0.3 is 0 Å². The molecule has 5 rings (SSSR count). The van der Waals surface area contributed by atoms with Crippen LogP contribution in [-0.4, -0.2) is 11.1 Å². The fourth-order valence-corrected chi connectivity index (χ4v) is 5.63. The van der Waals surface area contributed by atoms with Gasteiger partial charge in [0.15, 0.2) is 5.17 Å². The third-order valence-electron chi connectivity index (χ3n) is 6.17. The van der Waals surface area contributed by atoms with Crippen molar-refractivity contribution in [1.82, 2.24) is 0 Å². The fraction of sp³-hybridized carbons (Fsp3) is 0.0968. The number of ether oxygens (including phenoxy) is 1. The summed E-state index contributed by atoms with van der Waals surface area (Å²) < 4.78 is 20.2. The average Bonchev–Trinajstić information content (AvgIpc) is 3.22. The number of amides is 1. The van der Waals surface area contributed by atoms with Crippen LogP contribution in [0, 0.1) is 19.7 Å². The molecule has 1 aliphatic rings. The Morgan fingerprint density at radius 2 is 1.65 bits per heavy atom. The number of benzene rings is 4. The zero-order chi connectivity index (χ0) is 28.4. The minimum absolute atomic E-state index is 0.244. The summed E-state index contributed by atoms with van der Waals surface area (Å²) in [5.74, 6) is 0.0276. The van der Waals surface area contributed by atoms with Gasteiger partial charge in [0.25, 0.3) is 5.91 Å². The van der Waals surface area contributed by atoms with Gasteiger partial charge in [-0.15, -0.1) is 0 Å². The normalized spacial score (nSPS) is 15.3. The molecule has 4 aromatic carbocycles. The summed E-state index contributed by atoms with van der Waals surface area (Å²) in [6.07, 6.45) is 1.78. The monoisotopic (exact) mass is 654 g/mol. The van der Waals surface area contributed by atoms with E-state index in [9.17, 15) is 9.18 Å². The highest BCUT2D eigenvalue weighted by molar-refractivity contribution is 9.10. The number of hydrogen-bond donors (Lipinski definition) is 0. The van der Waals surface area contributed by atoms with Crippen molar-refractivity contribution in [2.75, 3.05) is 4.90 Å². The van der Waals surface area contributed by atoms with E-state index in [1.807, 2.05) is 56.3 Å². The number of thioether (sulfide) groups is 1. The lowest BCUT2D eigenvalue weighted by Crippen LogP contribution is -2.28. The molecule has 40 heavy (non-hydrogen) atoms. The Morgan fingerprint density at radius 1 is 0.950 bits per heavy atom. The average molecular weight is 656 g/mol. The summed E-state index contributed by atoms with van der Waals surface area (Å²) in [6, 6.07) is 22.7. The van der Waals surface area contributed by atoms with E-state index in [0.717, 1.165) is 21.2 Å². The second kappa shape index (κ2) is 12.2. The van der Waals surface area contributed by atoms with Gasteiger partial charge in [-0.25, -0.2) is 9.38 Å². The molecule has 4 aromatic rings. The molecule has 202 valence electrons. The number of carbonyl (C=O) groups is 1. The predicted molar refractivity (Wildman–Crippen MR) is 167 cm³/mol. The first-order valence-corrected chi connectivity index (χ1v) is 14.6. The van der Waals surface area contributed by atoms with Crippen LogP contribution in [0.25, 0.3) is 6.08 Å². The topological polar surface area (TPSA) is 41.9 Å². The number of aliphatic imine (C=N–C) groups is 1. The molecule has 0 unspecified atom stereocenters. The first kappa shape index (κ1) is 28.4. The van der Waals surface area contributed by atoms with E-state index in [2.05, 4.69) is 15.9 Å². The van der Waals surface area contributed by atoms with E-state index in [0.29, 0.717) is 42.8 Å². The summed E-state index contributed by atoms with van der Waals surface area (Å²) in [5, 5.41) is 1.61. The van der Waals surface area contributed by atoms with Gasteiger partial charge in [0, 0.05) is 20.1 Å². The fourth-order valence-electron chi connectivity index (χ4n) is 3.91. The summed E-state index contributed by atoms with van der Waals surface area (Å²) in [6.45, 7) is 4.07. The van der Waals surface area contributed by atoms with E-state index < -0.39 is 0 Å². The molecule has 0 radical (unpaired) electrons. The maximum atomic E-state index is 13.8. The number of anilines is 1. The van der Waals surface area contributed by atoms with Crippen LogP contribution in [0.3, 0.4) is 0 Å². The van der Waals surface area contributed by atoms with Gasteiger partial charge in [-0.2, -0.15) is 0 Å². The standard InChI is InChI=1S/C31H22BrCl2FN2O2S/c1-18-3-10-24(15-26(18)33)36-31-37(25-11-4-19(2)27(34)16-25)30(38)29(40-31)14-21-13-22(32)7-12-28(21)39-17-20-5-8-23(35)9-6-20/h3-16H,17H2,1-2H3/b29-14+,36-31?. The van der Waals surface area contributed by atoms with Crippen LogP contribution in [0.1, 0.15) is 22.3 Å². The van der Waals surface area contributed by atoms with Crippen molar-refractivity contribution in [2.45, 2.75) is 20.5 Å². The maximum Gasteiger partial charge on any atom is 0.271 e. The van der Waals surface area contributed by atoms with Crippen molar-refractivity contribution >= 4 is 79.4 Å². The number of halogens is 4. The van der Waals surface area contributed by atoms with Gasteiger partial charge in [0.2, 0.25) is 0 Å². The molecule has 4 nitrogen and oxygen atoms in total. The molecule has 1 heterocycles. The number of carbonyl (C=O) groups excluding carboxylic acids is 1. The summed E-state index contributed by atoms with van der Waals surface area (Å²) in [7, 11) is 0. The second-order valence-corrected chi connectivity index (χ2v) is 11.8. The lowest BCUT2D eigenvalue weighted by molar-refractivity contribution is -0.113. The first-order valence-electron chi connectivity index (χ1n) is 12.2. The molecule has 0 spiro atoms. The van der Waals surface area contributed by atoms with Crippen LogP contribution in [0.5, 0.6) is 5.75 Å². The first-order chi connectivity index (χ1) is 19.2. The van der Waals surface area contributed by atoms with Gasteiger partial charge in [0.1, 0.15) is 18.2 Å². The van der Waals surface area contributed by atoms with Gasteiger partial charge in [-0.3, -0.25) is 9.69 Å². The van der Waals surface area contributed by atoms with E-state index in [-0.39, 0.29) is 18.3 Å². The van der Waals surface area contributed by atoms with Crippen LogP contribution < -0.4 is 9.64 Å². The van der Waals surface area contributed by atoms with Crippen molar-refractivity contribution in [3.8, 4) is 5.75 Å². The second-order valence-electron chi connectivity index (χ2n) is 9.11. The number of hydrogen-bond acceptors (Lipinski definition) is 4. The molecule has 0 saturated carbocycles. The van der Waals surface area contributed by atoms with Crippen molar-refractivity contribution < 1.29 is 13.9 Å². The highest BCUT2D eigenvalue weighted by atomic mass is 79.9. The molecule has 0 aliphatic carbocycles. The number of amidine groups is 1. The smallest absolute Gasteiger partial charge is 0.271 e. The zero-order valence-corrected chi connectivity index (χ0v) is 25.3. The van der Waals surface area contributed by atoms with E-state index in [1.54, 1.807) is 35.2 Å². The van der Waals surface area contributed by atoms with Crippen LogP contribution in [0.15, 0.2) is 93.2 Å². The molecular weight excluding hydrogens is 634 g/mol. The third kappa shape index (κ3) is 6.44. The summed E-state index contributed by atoms with van der Waals surface area (Å²) >= 11 is 17.5. The van der Waals surface area contributed by atoms with Crippen molar-refractivity contribution in [1.29, 1.82) is 0 Å². The van der Waals surface area contributed by atoms with Gasteiger partial charge in [0.05, 0.1) is 16.3 Å². The van der Waals surface area contributed by atoms with Crippen LogP contribution in [0.2, 0.25) is 10.0 Å². The molecular formula is C31H22BrCl2FN2O2S. The van der Waals surface area contributed by atoms with Gasteiger partial charge in [-0.05, 0) is 103 Å². The van der Waals surface area contributed by atoms with Gasteiger partial charge in [-0.1, -0.05) is 63.4 Å². The molecule has 0 aromatic heterocycles. The molecule has 1 fully saturated rings. The largest absolute Gasteiger partial charge is 0.488 e. The van der Waals surface area contributed by atoms with Crippen molar-refractivity contribution in [3.05, 3.63) is 126 Å². The minimum atomic E-state index is -0.306. The lowest BCUT2D eigenvalue weighted by Gasteiger charge is -2.16. The lowest BCUT2D eigenvalue weighted by atomic mass is 10.1. The number of aryl methyl sites for hydroxylation is 2. The molecule has 1 saturated heterocycles. The maximum absolute atomic E-state index is 13.8. The predicted octanol–water partition coefficient (Wildman–Crippen LogP) is 9.90. The molecule has 1 amide bonds. The van der Waals surface area contributed by atoms with Crippen molar-refractivity contribution in [3.63, 3.8) is 0 Å². The number of nitrogens with zero attached hydrogens (tertiary/aromatic N) is 2. The number of rotatable bonds is 6. The van der Waals surface area contributed by atoms with Crippen LogP contribution >= 0.6 is 50.9 Å². The molecule has 0 bridgehead atoms. The van der Waals surface area contributed by atoms with E-state index in [4.69, 9.17) is 32.9 Å². The molecule has 0 N–H and O–H groups in total. The molecule has 1 aliphatic heterocycles. The van der Waals surface area contributed by atoms with Crippen molar-refractivity contribution in [2.24, 2.45) is 4.99 Å². The quantitative estimate of drug-likeness (QED) is 0.194. The summed E-state index contributed by atoms with van der Waals surface area (Å²) in [5.41, 5.74) is 4.60. The van der Waals surface area contributed by atoms with Gasteiger partial charge < -0.3 is 4.74 Å². The Hall–Kier alpha value is -3.10. The van der Waals surface area contributed by atoms with E-state index >= 15 is 0 Å². The van der Waals surface area contributed by atoms with Crippen LogP contribution in [-0.2, 0) is 11.4 Å².